The summed E-state index contributed by atoms with van der Waals surface area (Å²) >= 11 is 4.39. The molecular weight excluding hydrogens is 288 g/mol. The van der Waals surface area contributed by atoms with E-state index in [1.165, 1.54) is 0 Å². The van der Waals surface area contributed by atoms with Crippen LogP contribution in [0.25, 0.3) is 0 Å². The molecule has 0 unspecified atom stereocenters. The second kappa shape index (κ2) is 7.26. The summed E-state index contributed by atoms with van der Waals surface area (Å²) in [4.78, 5) is 3.47. The third kappa shape index (κ3) is 4.07. The first kappa shape index (κ1) is 15.6. The maximum atomic E-state index is 13.8. The molecule has 1 aromatic rings. The van der Waals surface area contributed by atoms with Gasteiger partial charge in [0.05, 0.1) is 10.7 Å². The van der Waals surface area contributed by atoms with Crippen LogP contribution in [0.4, 0.5) is 14.5 Å². The van der Waals surface area contributed by atoms with Gasteiger partial charge in [-0.2, -0.15) is 4.99 Å². The molecule has 0 atom stereocenters. The minimum atomic E-state index is -0.645. The summed E-state index contributed by atoms with van der Waals surface area (Å²) in [5.41, 5.74) is -0.0961. The molecular formula is C17H15F2NS. The first-order valence-corrected chi connectivity index (χ1v) is 7.26. The summed E-state index contributed by atoms with van der Waals surface area (Å²) in [5, 5.41) is 2.02. The van der Waals surface area contributed by atoms with Gasteiger partial charge in [-0.3, -0.25) is 0 Å². The molecule has 1 aliphatic carbocycles. The number of halogens is 2. The molecule has 0 aromatic heterocycles. The van der Waals surface area contributed by atoms with E-state index in [1.54, 1.807) is 0 Å². The highest BCUT2D eigenvalue weighted by Gasteiger charge is 2.17. The zero-order valence-corrected chi connectivity index (χ0v) is 12.4. The zero-order valence-electron chi connectivity index (χ0n) is 11.5. The van der Waals surface area contributed by atoms with Crippen molar-refractivity contribution >= 4 is 23.1 Å². The van der Waals surface area contributed by atoms with Crippen LogP contribution in [0.3, 0.4) is 0 Å². The number of aliphatic imine (C=N–C) groups is 1. The van der Waals surface area contributed by atoms with Crippen molar-refractivity contribution in [2.75, 3.05) is 0 Å². The fraction of sp³-hybridized carbons (Fsp3) is 0.353. The van der Waals surface area contributed by atoms with E-state index in [1.807, 2.05) is 11.2 Å². The minimum absolute atomic E-state index is 0.0571. The van der Waals surface area contributed by atoms with Crippen LogP contribution in [0, 0.1) is 35.3 Å². The van der Waals surface area contributed by atoms with Gasteiger partial charge in [0, 0.05) is 12.0 Å². The van der Waals surface area contributed by atoms with Gasteiger partial charge < -0.3 is 0 Å². The average molecular weight is 303 g/mol. The van der Waals surface area contributed by atoms with Crippen molar-refractivity contribution in [3.8, 4) is 11.8 Å². The van der Waals surface area contributed by atoms with Crippen molar-refractivity contribution in [1.82, 2.24) is 0 Å². The van der Waals surface area contributed by atoms with Crippen molar-refractivity contribution in [3.63, 3.8) is 0 Å². The first-order valence-electron chi connectivity index (χ1n) is 6.85. The largest absolute Gasteiger partial charge is 0.206 e. The molecule has 1 aromatic carbocycles. The molecule has 0 bridgehead atoms. The number of hydrogen-bond acceptors (Lipinski definition) is 2. The van der Waals surface area contributed by atoms with Crippen LogP contribution in [-0.4, -0.2) is 5.16 Å². The van der Waals surface area contributed by atoms with E-state index in [4.69, 9.17) is 0 Å². The number of hydrogen-bond donors (Lipinski definition) is 0. The van der Waals surface area contributed by atoms with E-state index in [9.17, 15) is 8.78 Å². The highest BCUT2D eigenvalue weighted by Crippen LogP contribution is 2.29. The van der Waals surface area contributed by atoms with Gasteiger partial charge in [-0.15, -0.1) is 6.58 Å². The average Bonchev–Trinajstić information content (AvgIpc) is 2.50. The van der Waals surface area contributed by atoms with Crippen LogP contribution in [0.5, 0.6) is 0 Å². The summed E-state index contributed by atoms with van der Waals surface area (Å²) in [7, 11) is 0. The lowest BCUT2D eigenvalue weighted by atomic mass is 9.82. The minimum Gasteiger partial charge on any atom is -0.206 e. The van der Waals surface area contributed by atoms with Crippen molar-refractivity contribution in [3.05, 3.63) is 42.0 Å². The summed E-state index contributed by atoms with van der Waals surface area (Å²) in [6, 6.07) is 2.05. The molecule has 21 heavy (non-hydrogen) atoms. The van der Waals surface area contributed by atoms with E-state index >= 15 is 0 Å². The predicted molar refractivity (Wildman–Crippen MR) is 83.6 cm³/mol. The van der Waals surface area contributed by atoms with Crippen LogP contribution >= 0.6 is 12.2 Å². The van der Waals surface area contributed by atoms with E-state index in [0.717, 1.165) is 37.8 Å². The Bertz CT molecular complexity index is 643. The number of allylic oxidation sites excluding steroid dienone is 1. The number of benzene rings is 1. The van der Waals surface area contributed by atoms with Gasteiger partial charge in [-0.25, -0.2) is 8.78 Å². The van der Waals surface area contributed by atoms with E-state index in [-0.39, 0.29) is 17.2 Å². The number of nitrogens with zero attached hydrogens (tertiary/aromatic N) is 1. The highest BCUT2D eigenvalue weighted by atomic mass is 32.1. The van der Waals surface area contributed by atoms with Gasteiger partial charge in [0.2, 0.25) is 0 Å². The lowest BCUT2D eigenvalue weighted by Gasteiger charge is -2.22. The topological polar surface area (TPSA) is 12.4 Å². The number of rotatable bonds is 2. The van der Waals surface area contributed by atoms with E-state index < -0.39 is 11.6 Å². The van der Waals surface area contributed by atoms with Gasteiger partial charge in [0.1, 0.15) is 11.5 Å². The Kier molecular flexibility index (Phi) is 5.38. The molecule has 2 rings (SSSR count). The van der Waals surface area contributed by atoms with Crippen molar-refractivity contribution in [1.29, 1.82) is 0 Å². The van der Waals surface area contributed by atoms with E-state index in [0.29, 0.717) is 5.92 Å². The predicted octanol–water partition coefficient (Wildman–Crippen LogP) is 5.04. The normalized spacial score (nSPS) is 20.9. The number of thiocarbonyl (C=S) groups is 1. The fourth-order valence-electron chi connectivity index (χ4n) is 2.45. The molecule has 0 saturated heterocycles. The smallest absolute Gasteiger partial charge is 0.151 e. The summed E-state index contributed by atoms with van der Waals surface area (Å²) in [5.74, 6) is 5.35. The van der Waals surface area contributed by atoms with Gasteiger partial charge in [0.25, 0.3) is 0 Å². The quantitative estimate of drug-likeness (QED) is 0.322. The summed E-state index contributed by atoms with van der Waals surface area (Å²) in [6.07, 6.45) is 6.04. The Morgan fingerprint density at radius 1 is 1.19 bits per heavy atom. The Labute approximate surface area is 128 Å². The van der Waals surface area contributed by atoms with Gasteiger partial charge in [-0.1, -0.05) is 17.9 Å². The van der Waals surface area contributed by atoms with Crippen molar-refractivity contribution < 1.29 is 8.78 Å². The lowest BCUT2D eigenvalue weighted by Crippen LogP contribution is -2.11. The molecule has 1 fully saturated rings. The Morgan fingerprint density at radius 2 is 1.90 bits per heavy atom. The molecule has 1 nitrogen and oxygen atoms in total. The highest BCUT2D eigenvalue weighted by molar-refractivity contribution is 7.78. The Hall–Kier alpha value is -1.82. The van der Waals surface area contributed by atoms with Gasteiger partial charge in [0.15, 0.2) is 5.82 Å². The fourth-order valence-corrected chi connectivity index (χ4v) is 2.54. The van der Waals surface area contributed by atoms with Crippen molar-refractivity contribution in [2.24, 2.45) is 16.8 Å². The lowest BCUT2D eigenvalue weighted by molar-refractivity contribution is 0.365. The van der Waals surface area contributed by atoms with Crippen molar-refractivity contribution in [2.45, 2.75) is 25.7 Å². The molecule has 0 N–H and O–H groups in total. The third-order valence-electron chi connectivity index (χ3n) is 3.72. The van der Waals surface area contributed by atoms with Crippen LogP contribution < -0.4 is 0 Å². The summed E-state index contributed by atoms with van der Waals surface area (Å²) < 4.78 is 27.5. The van der Waals surface area contributed by atoms with Gasteiger partial charge in [-0.05, 0) is 49.9 Å². The van der Waals surface area contributed by atoms with Gasteiger partial charge >= 0.3 is 0 Å². The summed E-state index contributed by atoms with van der Waals surface area (Å²) in [6.45, 7) is 3.80. The second-order valence-corrected chi connectivity index (χ2v) is 5.29. The molecule has 108 valence electrons. The standard InChI is InChI=1S/C17H15F2NS/c1-2-12-3-5-13(6-4-12)7-8-14-9-16(19)17(20-11-21)10-15(14)18/h2,9-10,12-13H,1,3-6H2. The molecule has 4 heteroatoms. The SMILES string of the molecule is C=CC1CCC(C#Cc2cc(F)c(N=C=S)cc2F)CC1. The van der Waals surface area contributed by atoms with Crippen LogP contribution in [-0.2, 0) is 0 Å². The first-order chi connectivity index (χ1) is 10.1. The Balaban J connectivity index is 2.14. The molecule has 1 aliphatic rings. The maximum absolute atomic E-state index is 13.8. The monoisotopic (exact) mass is 303 g/mol. The molecule has 1 saturated carbocycles. The molecule has 0 amide bonds. The molecule has 0 heterocycles. The van der Waals surface area contributed by atoms with Crippen LogP contribution in [0.15, 0.2) is 29.8 Å². The Morgan fingerprint density at radius 3 is 2.52 bits per heavy atom. The number of isothiocyanates is 1. The van der Waals surface area contributed by atoms with Crippen LogP contribution in [0.2, 0.25) is 0 Å². The zero-order chi connectivity index (χ0) is 15.2. The van der Waals surface area contributed by atoms with E-state index in [2.05, 4.69) is 35.6 Å². The molecule has 0 radical (unpaired) electrons. The maximum Gasteiger partial charge on any atom is 0.151 e. The molecule has 0 spiro atoms. The third-order valence-corrected chi connectivity index (χ3v) is 3.81. The second-order valence-electron chi connectivity index (χ2n) is 5.10. The molecule has 0 aliphatic heterocycles. The van der Waals surface area contributed by atoms with Crippen LogP contribution in [0.1, 0.15) is 31.2 Å².